The summed E-state index contributed by atoms with van der Waals surface area (Å²) in [7, 11) is 0. The molecule has 1 unspecified atom stereocenters. The van der Waals surface area contributed by atoms with Crippen molar-refractivity contribution in [1.29, 1.82) is 0 Å². The number of nitrogens with two attached hydrogens (primary N) is 1. The van der Waals surface area contributed by atoms with Gasteiger partial charge in [-0.25, -0.2) is 0 Å². The van der Waals surface area contributed by atoms with Crippen LogP contribution >= 0.6 is 0 Å². The van der Waals surface area contributed by atoms with Crippen LogP contribution in [0.1, 0.15) is 39.9 Å². The molecule has 2 aliphatic rings. The third kappa shape index (κ3) is 4.84. The monoisotopic (exact) mass is 420 g/mol. The molecule has 31 heavy (non-hydrogen) atoms. The molecule has 2 aromatic rings. The summed E-state index contributed by atoms with van der Waals surface area (Å²) < 4.78 is 0. The Labute approximate surface area is 182 Å². The van der Waals surface area contributed by atoms with Crippen LogP contribution in [0.4, 0.5) is 0 Å². The van der Waals surface area contributed by atoms with Crippen molar-refractivity contribution < 1.29 is 14.4 Å². The van der Waals surface area contributed by atoms with Gasteiger partial charge in [-0.1, -0.05) is 42.5 Å². The number of amides is 3. The lowest BCUT2D eigenvalue weighted by molar-refractivity contribution is -0.136. The zero-order chi connectivity index (χ0) is 21.8. The quantitative estimate of drug-likeness (QED) is 0.631. The Kier molecular flexibility index (Phi) is 6.44. The van der Waals surface area contributed by atoms with E-state index >= 15 is 0 Å². The van der Waals surface area contributed by atoms with Crippen LogP contribution in [-0.4, -0.2) is 53.2 Å². The second kappa shape index (κ2) is 9.41. The lowest BCUT2D eigenvalue weighted by atomic mass is 10.0. The highest BCUT2D eigenvalue weighted by atomic mass is 16.2. The van der Waals surface area contributed by atoms with Crippen LogP contribution in [0.5, 0.6) is 0 Å². The number of carbonyl (C=O) groups is 3. The van der Waals surface area contributed by atoms with E-state index in [9.17, 15) is 14.4 Å². The molecule has 3 N–H and O–H groups in total. The third-order valence-corrected chi connectivity index (χ3v) is 6.00. The molecule has 1 atom stereocenters. The number of rotatable bonds is 8. The molecule has 4 rings (SSSR count). The maximum atomic E-state index is 13.0. The molecular formula is C24H28N4O3. The number of hydrogen-bond acceptors (Lipinski definition) is 5. The number of nitrogens with zero attached hydrogens (tertiary/aromatic N) is 2. The van der Waals surface area contributed by atoms with Crippen LogP contribution in [0.25, 0.3) is 0 Å². The van der Waals surface area contributed by atoms with Gasteiger partial charge in [0.05, 0.1) is 0 Å². The van der Waals surface area contributed by atoms with E-state index in [-0.39, 0.29) is 24.1 Å². The van der Waals surface area contributed by atoms with E-state index in [4.69, 9.17) is 5.73 Å². The fourth-order valence-corrected chi connectivity index (χ4v) is 4.34. The fraction of sp³-hybridized carbons (Fsp3) is 0.375. The molecule has 2 aliphatic heterocycles. The van der Waals surface area contributed by atoms with E-state index in [0.29, 0.717) is 31.6 Å². The Balaban J connectivity index is 1.43. The van der Waals surface area contributed by atoms with Crippen molar-refractivity contribution in [2.24, 2.45) is 5.73 Å². The van der Waals surface area contributed by atoms with Crippen LogP contribution < -0.4 is 11.1 Å². The van der Waals surface area contributed by atoms with E-state index in [1.807, 2.05) is 36.4 Å². The Morgan fingerprint density at radius 3 is 2.58 bits per heavy atom. The van der Waals surface area contributed by atoms with Gasteiger partial charge in [0.25, 0.3) is 5.91 Å². The zero-order valence-corrected chi connectivity index (χ0v) is 17.5. The van der Waals surface area contributed by atoms with Gasteiger partial charge < -0.3 is 10.6 Å². The number of benzene rings is 2. The number of nitrogens with one attached hydrogen (secondary N) is 1. The number of fused-ring (bicyclic) bond motifs is 1. The van der Waals surface area contributed by atoms with Crippen LogP contribution in [-0.2, 0) is 29.1 Å². The van der Waals surface area contributed by atoms with Gasteiger partial charge in [-0.3, -0.25) is 24.6 Å². The van der Waals surface area contributed by atoms with E-state index < -0.39 is 6.04 Å². The lowest BCUT2D eigenvalue weighted by Crippen LogP contribution is -2.52. The molecule has 1 fully saturated rings. The fourth-order valence-electron chi connectivity index (χ4n) is 4.34. The minimum Gasteiger partial charge on any atom is -0.329 e. The second-order valence-corrected chi connectivity index (χ2v) is 8.19. The molecule has 0 saturated carbocycles. The largest absolute Gasteiger partial charge is 0.329 e. The summed E-state index contributed by atoms with van der Waals surface area (Å²) in [6.07, 6.45) is 1.58. The topological polar surface area (TPSA) is 95.7 Å². The van der Waals surface area contributed by atoms with Crippen molar-refractivity contribution in [3.63, 3.8) is 0 Å². The molecule has 162 valence electrons. The van der Waals surface area contributed by atoms with Gasteiger partial charge in [0.15, 0.2) is 0 Å². The zero-order valence-electron chi connectivity index (χ0n) is 17.5. The highest BCUT2D eigenvalue weighted by molar-refractivity contribution is 6.05. The van der Waals surface area contributed by atoms with Crippen molar-refractivity contribution in [2.75, 3.05) is 19.6 Å². The molecule has 1 saturated heterocycles. The summed E-state index contributed by atoms with van der Waals surface area (Å²) in [5, 5.41) is 2.34. The molecule has 0 aliphatic carbocycles. The second-order valence-electron chi connectivity index (χ2n) is 8.19. The Morgan fingerprint density at radius 2 is 1.84 bits per heavy atom. The van der Waals surface area contributed by atoms with Gasteiger partial charge in [0.1, 0.15) is 6.04 Å². The minimum atomic E-state index is -0.583. The predicted molar refractivity (Wildman–Crippen MR) is 117 cm³/mol. The maximum absolute atomic E-state index is 13.0. The molecule has 7 heteroatoms. The SMILES string of the molecule is NCCN(CCc1ccccc1)Cc1ccc2c(c1)C(=O)N(C1CCC(=O)NC1=O)C2. The lowest BCUT2D eigenvalue weighted by Gasteiger charge is -2.29. The molecule has 2 heterocycles. The smallest absolute Gasteiger partial charge is 0.255 e. The number of hydrogen-bond donors (Lipinski definition) is 2. The molecule has 2 aromatic carbocycles. The standard InChI is InChI=1S/C24H28N4O3/c25-11-13-27(12-10-17-4-2-1-3-5-17)15-18-6-7-19-16-28(24(31)20(19)14-18)21-8-9-22(29)26-23(21)30/h1-7,14,21H,8-13,15-16,25H2,(H,26,29,30). The first-order valence-electron chi connectivity index (χ1n) is 10.8. The molecule has 7 nitrogen and oxygen atoms in total. The van der Waals surface area contributed by atoms with E-state index in [2.05, 4.69) is 22.3 Å². The highest BCUT2D eigenvalue weighted by Crippen LogP contribution is 2.28. The Morgan fingerprint density at radius 1 is 1.03 bits per heavy atom. The van der Waals surface area contributed by atoms with Gasteiger partial charge >= 0.3 is 0 Å². The third-order valence-electron chi connectivity index (χ3n) is 6.00. The predicted octanol–water partition coefficient (Wildman–Crippen LogP) is 1.45. The van der Waals surface area contributed by atoms with Crippen molar-refractivity contribution >= 4 is 17.7 Å². The molecule has 0 aromatic heterocycles. The number of carbonyl (C=O) groups excluding carboxylic acids is 3. The highest BCUT2D eigenvalue weighted by Gasteiger charge is 2.39. The molecule has 0 radical (unpaired) electrons. The average Bonchev–Trinajstić information content (AvgIpc) is 3.09. The average molecular weight is 421 g/mol. The van der Waals surface area contributed by atoms with Crippen LogP contribution in [0.2, 0.25) is 0 Å². The van der Waals surface area contributed by atoms with Gasteiger partial charge in [0, 0.05) is 44.7 Å². The van der Waals surface area contributed by atoms with Gasteiger partial charge in [-0.05, 0) is 35.6 Å². The van der Waals surface area contributed by atoms with Crippen LogP contribution in [0, 0.1) is 0 Å². The Bertz CT molecular complexity index is 976. The van der Waals surface area contributed by atoms with E-state index in [0.717, 1.165) is 30.6 Å². The minimum absolute atomic E-state index is 0.138. The van der Waals surface area contributed by atoms with Crippen molar-refractivity contribution in [3.05, 3.63) is 70.8 Å². The van der Waals surface area contributed by atoms with Crippen molar-refractivity contribution in [1.82, 2.24) is 15.1 Å². The summed E-state index contributed by atoms with van der Waals surface area (Å²) in [6, 6.07) is 15.7. The summed E-state index contributed by atoms with van der Waals surface area (Å²) >= 11 is 0. The normalized spacial score (nSPS) is 18.5. The number of imide groups is 1. The molecule has 3 amide bonds. The van der Waals surface area contributed by atoms with Crippen LogP contribution in [0.15, 0.2) is 48.5 Å². The summed E-state index contributed by atoms with van der Waals surface area (Å²) in [6.45, 7) is 3.35. The first-order chi connectivity index (χ1) is 15.0. The van der Waals surface area contributed by atoms with E-state index in [1.54, 1.807) is 4.90 Å². The first-order valence-corrected chi connectivity index (χ1v) is 10.8. The molecular weight excluding hydrogens is 392 g/mol. The Hall–Kier alpha value is -3.03. The van der Waals surface area contributed by atoms with Gasteiger partial charge in [-0.2, -0.15) is 0 Å². The van der Waals surface area contributed by atoms with Crippen molar-refractivity contribution in [2.45, 2.75) is 38.4 Å². The first kappa shape index (κ1) is 21.2. The molecule has 0 bridgehead atoms. The molecule has 0 spiro atoms. The maximum Gasteiger partial charge on any atom is 0.255 e. The summed E-state index contributed by atoms with van der Waals surface area (Å²) in [5.74, 6) is -0.795. The summed E-state index contributed by atoms with van der Waals surface area (Å²) in [5.41, 5.74) is 9.74. The summed E-state index contributed by atoms with van der Waals surface area (Å²) in [4.78, 5) is 40.6. The van der Waals surface area contributed by atoms with Gasteiger partial charge in [0.2, 0.25) is 11.8 Å². The van der Waals surface area contributed by atoms with Crippen LogP contribution in [0.3, 0.4) is 0 Å². The van der Waals surface area contributed by atoms with Gasteiger partial charge in [-0.15, -0.1) is 0 Å². The van der Waals surface area contributed by atoms with Crippen molar-refractivity contribution in [3.8, 4) is 0 Å². The number of piperidine rings is 1. The van der Waals surface area contributed by atoms with E-state index in [1.165, 1.54) is 5.56 Å².